The molecule has 0 aromatic heterocycles. The van der Waals surface area contributed by atoms with Crippen molar-refractivity contribution in [1.82, 2.24) is 0 Å². The predicted molar refractivity (Wildman–Crippen MR) is 85.1 cm³/mol. The van der Waals surface area contributed by atoms with E-state index >= 15 is 0 Å². The van der Waals surface area contributed by atoms with Gasteiger partial charge >= 0.3 is 0 Å². The number of carbonyl (C=O) groups is 1. The zero-order valence-electron chi connectivity index (χ0n) is 13.9. The molecule has 3 aliphatic rings. The number of fused-ring (bicyclic) bond motifs is 1. The lowest BCUT2D eigenvalue weighted by Gasteiger charge is -2.23. The summed E-state index contributed by atoms with van der Waals surface area (Å²) in [6, 6.07) is 0. The highest BCUT2D eigenvalue weighted by Gasteiger charge is 2.58. The van der Waals surface area contributed by atoms with Gasteiger partial charge in [-0.15, -0.1) is 0 Å². The average Bonchev–Trinajstić information content (AvgIpc) is 3.24. The van der Waals surface area contributed by atoms with Crippen LogP contribution in [0.25, 0.3) is 0 Å². The summed E-state index contributed by atoms with van der Waals surface area (Å²) in [4.78, 5) is 12.2. The molecule has 5 heteroatoms. The lowest BCUT2D eigenvalue weighted by atomic mass is 9.85. The van der Waals surface area contributed by atoms with E-state index in [-0.39, 0.29) is 24.1 Å². The molecule has 0 aromatic carbocycles. The van der Waals surface area contributed by atoms with E-state index in [1.807, 2.05) is 0 Å². The zero-order valence-corrected chi connectivity index (χ0v) is 13.9. The summed E-state index contributed by atoms with van der Waals surface area (Å²) in [5.74, 6) is 0.180. The molecule has 5 atom stereocenters. The highest BCUT2D eigenvalue weighted by Crippen LogP contribution is 2.45. The Bertz CT molecular complexity index is 472. The number of aliphatic hydroxyl groups is 2. The van der Waals surface area contributed by atoms with Crippen molar-refractivity contribution in [3.63, 3.8) is 0 Å². The maximum absolute atomic E-state index is 12.2. The number of epoxide rings is 1. The molecule has 0 bridgehead atoms. The number of carbonyl (C=O) groups excluding carboxylic acids is 1. The molecule has 0 radical (unpaired) electrons. The molecular weight excluding hydrogens is 296 g/mol. The first-order valence-corrected chi connectivity index (χ1v) is 9.01. The fourth-order valence-electron chi connectivity index (χ4n) is 3.81. The summed E-state index contributed by atoms with van der Waals surface area (Å²) >= 11 is 0. The molecule has 130 valence electrons. The molecule has 5 nitrogen and oxygen atoms in total. The van der Waals surface area contributed by atoms with E-state index in [1.165, 1.54) is 25.7 Å². The highest BCUT2D eigenvalue weighted by molar-refractivity contribution is 5.79. The Kier molecular flexibility index (Phi) is 5.52. The molecule has 0 unspecified atom stereocenters. The number of aliphatic hydroxyl groups excluding tert-OH is 2. The van der Waals surface area contributed by atoms with Crippen molar-refractivity contribution in [2.75, 3.05) is 6.61 Å². The van der Waals surface area contributed by atoms with Crippen LogP contribution in [-0.2, 0) is 14.3 Å². The quantitative estimate of drug-likeness (QED) is 0.385. The molecule has 3 rings (SSSR count). The van der Waals surface area contributed by atoms with Crippen molar-refractivity contribution < 1.29 is 24.5 Å². The standard InChI is InChI=1S/C18H28O5/c1-2-3-4-5-6-7-8-11(19)9-13-14-12(10-22-13)15(20)17-18(23-17)16(14)21/h13,15-18,20-21H,2-10H2,1H3/t13-,15-,16-,17-,18+/m1/s1. The van der Waals surface area contributed by atoms with Crippen molar-refractivity contribution in [3.8, 4) is 0 Å². The van der Waals surface area contributed by atoms with Crippen LogP contribution in [0, 0.1) is 0 Å². The number of unbranched alkanes of at least 4 members (excludes halogenated alkanes) is 5. The van der Waals surface area contributed by atoms with Gasteiger partial charge in [0.1, 0.15) is 30.2 Å². The smallest absolute Gasteiger partial charge is 0.135 e. The number of hydrogen-bond acceptors (Lipinski definition) is 5. The van der Waals surface area contributed by atoms with Crippen molar-refractivity contribution in [2.45, 2.75) is 88.8 Å². The van der Waals surface area contributed by atoms with Crippen molar-refractivity contribution >= 4 is 5.78 Å². The molecule has 2 N–H and O–H groups in total. The van der Waals surface area contributed by atoms with Crippen LogP contribution in [0.4, 0.5) is 0 Å². The second-order valence-corrected chi connectivity index (χ2v) is 7.00. The molecule has 1 fully saturated rings. The van der Waals surface area contributed by atoms with E-state index in [9.17, 15) is 15.0 Å². The Labute approximate surface area is 137 Å². The Hall–Kier alpha value is -0.750. The van der Waals surface area contributed by atoms with Crippen molar-refractivity contribution in [2.24, 2.45) is 0 Å². The molecule has 1 aliphatic carbocycles. The Morgan fingerprint density at radius 1 is 1.09 bits per heavy atom. The van der Waals surface area contributed by atoms with Crippen LogP contribution in [-0.4, -0.2) is 53.1 Å². The third-order valence-electron chi connectivity index (χ3n) is 5.24. The van der Waals surface area contributed by atoms with Crippen LogP contribution in [0.5, 0.6) is 0 Å². The van der Waals surface area contributed by atoms with E-state index in [0.29, 0.717) is 25.0 Å². The van der Waals surface area contributed by atoms with Gasteiger partial charge in [0.15, 0.2) is 0 Å². The number of hydrogen-bond donors (Lipinski definition) is 2. The maximum atomic E-state index is 12.2. The fourth-order valence-corrected chi connectivity index (χ4v) is 3.81. The number of ketones is 1. The van der Waals surface area contributed by atoms with Crippen LogP contribution in [0.1, 0.15) is 58.3 Å². The molecule has 1 saturated heterocycles. The van der Waals surface area contributed by atoms with Gasteiger partial charge in [-0.2, -0.15) is 0 Å². The Morgan fingerprint density at radius 2 is 1.78 bits per heavy atom. The molecule has 23 heavy (non-hydrogen) atoms. The van der Waals surface area contributed by atoms with Gasteiger partial charge in [-0.3, -0.25) is 4.79 Å². The minimum atomic E-state index is -0.729. The Morgan fingerprint density at radius 3 is 2.57 bits per heavy atom. The predicted octanol–water partition coefficient (Wildman–Crippen LogP) is 1.89. The minimum Gasteiger partial charge on any atom is -0.386 e. The highest BCUT2D eigenvalue weighted by atomic mass is 16.6. The topological polar surface area (TPSA) is 79.3 Å². The van der Waals surface area contributed by atoms with Gasteiger partial charge in [0.2, 0.25) is 0 Å². The van der Waals surface area contributed by atoms with Gasteiger partial charge in [0, 0.05) is 12.8 Å². The first kappa shape index (κ1) is 17.1. The summed E-state index contributed by atoms with van der Waals surface area (Å²) in [7, 11) is 0. The monoisotopic (exact) mass is 324 g/mol. The maximum Gasteiger partial charge on any atom is 0.135 e. The molecule has 0 amide bonds. The largest absolute Gasteiger partial charge is 0.386 e. The van der Waals surface area contributed by atoms with Crippen LogP contribution < -0.4 is 0 Å². The van der Waals surface area contributed by atoms with Crippen molar-refractivity contribution in [3.05, 3.63) is 11.1 Å². The molecule has 0 aromatic rings. The van der Waals surface area contributed by atoms with E-state index < -0.39 is 12.2 Å². The van der Waals surface area contributed by atoms with E-state index in [4.69, 9.17) is 9.47 Å². The molecular formula is C18H28O5. The summed E-state index contributed by atoms with van der Waals surface area (Å²) in [5, 5.41) is 20.4. The van der Waals surface area contributed by atoms with Crippen LogP contribution in [0.15, 0.2) is 11.1 Å². The first-order chi connectivity index (χ1) is 11.1. The number of rotatable bonds is 9. The molecule has 2 aliphatic heterocycles. The van der Waals surface area contributed by atoms with E-state index in [2.05, 4.69) is 6.92 Å². The second-order valence-electron chi connectivity index (χ2n) is 7.00. The lowest BCUT2D eigenvalue weighted by Crippen LogP contribution is -2.36. The summed E-state index contributed by atoms with van der Waals surface area (Å²) in [6.45, 7) is 2.49. The van der Waals surface area contributed by atoms with E-state index in [1.54, 1.807) is 0 Å². The van der Waals surface area contributed by atoms with E-state index in [0.717, 1.165) is 18.4 Å². The lowest BCUT2D eigenvalue weighted by molar-refractivity contribution is -0.121. The van der Waals surface area contributed by atoms with Crippen molar-refractivity contribution in [1.29, 1.82) is 0 Å². The summed E-state index contributed by atoms with van der Waals surface area (Å²) in [5.41, 5.74) is 1.43. The number of Topliss-reactive ketones (excluding diaryl/α,β-unsaturated/α-hetero) is 1. The minimum absolute atomic E-state index is 0.180. The second kappa shape index (κ2) is 7.43. The Balaban J connectivity index is 1.44. The van der Waals surface area contributed by atoms with Crippen LogP contribution in [0.3, 0.4) is 0 Å². The van der Waals surface area contributed by atoms with Gasteiger partial charge in [0.05, 0.1) is 12.7 Å². The first-order valence-electron chi connectivity index (χ1n) is 9.01. The van der Waals surface area contributed by atoms with Gasteiger partial charge in [-0.1, -0.05) is 39.0 Å². The summed E-state index contributed by atoms with van der Waals surface area (Å²) < 4.78 is 11.0. The van der Waals surface area contributed by atoms with Gasteiger partial charge in [0.25, 0.3) is 0 Å². The summed E-state index contributed by atoms with van der Waals surface area (Å²) in [6.07, 6.45) is 5.46. The average molecular weight is 324 g/mol. The van der Waals surface area contributed by atoms with Crippen LogP contribution in [0.2, 0.25) is 0 Å². The van der Waals surface area contributed by atoms with Crippen LogP contribution >= 0.6 is 0 Å². The normalized spacial score (nSPS) is 35.2. The third kappa shape index (κ3) is 3.68. The van der Waals surface area contributed by atoms with Gasteiger partial charge in [-0.25, -0.2) is 0 Å². The fraction of sp³-hybridized carbons (Fsp3) is 0.833. The molecule has 2 heterocycles. The van der Waals surface area contributed by atoms with Gasteiger partial charge < -0.3 is 19.7 Å². The zero-order chi connectivity index (χ0) is 16.4. The van der Waals surface area contributed by atoms with Gasteiger partial charge in [-0.05, 0) is 17.6 Å². The SMILES string of the molecule is CCCCCCCCC(=O)C[C@H]1OCC2=C1[C@@H](O)[C@@H]1O[C@@H]1[C@@H]2O. The molecule has 0 saturated carbocycles. The molecule has 0 spiro atoms. The third-order valence-corrected chi connectivity index (χ3v) is 5.24. The number of ether oxygens (including phenoxy) is 2.